The topological polar surface area (TPSA) is 105 Å². The molecular formula is C10H24O8S2Si. The summed E-state index contributed by atoms with van der Waals surface area (Å²) < 4.78 is 65.8. The van der Waals surface area contributed by atoms with Crippen molar-refractivity contribution in [2.45, 2.75) is 65.8 Å². The minimum absolute atomic E-state index is 1.01. The van der Waals surface area contributed by atoms with Crippen molar-refractivity contribution < 1.29 is 32.9 Å². The first-order valence-electron chi connectivity index (χ1n) is 6.15. The lowest BCUT2D eigenvalue weighted by atomic mass is 10.2. The van der Waals surface area contributed by atoms with Gasteiger partial charge in [-0.3, -0.25) is 7.74 Å². The molecular weight excluding hydrogens is 340 g/mol. The average molecular weight is 365 g/mol. The molecule has 0 saturated heterocycles. The predicted octanol–water partition coefficient (Wildman–Crippen LogP) is 1.84. The largest absolute Gasteiger partial charge is 0.392 e. The Kier molecular flexibility index (Phi) is 6.21. The van der Waals surface area contributed by atoms with Crippen LogP contribution in [0.1, 0.15) is 41.5 Å². The lowest BCUT2D eigenvalue weighted by Gasteiger charge is -2.26. The number of rotatable bonds is 6. The molecule has 0 aliphatic rings. The highest BCUT2D eigenvalue weighted by Gasteiger charge is 2.40. The van der Waals surface area contributed by atoms with Crippen molar-refractivity contribution in [1.82, 2.24) is 0 Å². The zero-order valence-corrected chi connectivity index (χ0v) is 16.2. The summed E-state index contributed by atoms with van der Waals surface area (Å²) in [5.74, 6) is 0. The third-order valence-corrected chi connectivity index (χ3v) is 7.56. The van der Waals surface area contributed by atoms with E-state index in [9.17, 15) is 16.8 Å². The maximum Gasteiger partial charge on any atom is 0.392 e. The molecule has 128 valence electrons. The van der Waals surface area contributed by atoms with Gasteiger partial charge in [-0.15, -0.1) is 0 Å². The van der Waals surface area contributed by atoms with Crippen LogP contribution < -0.4 is 0 Å². The van der Waals surface area contributed by atoms with Crippen molar-refractivity contribution in [3.8, 4) is 0 Å². The monoisotopic (exact) mass is 364 g/mol. The number of hydrogen-bond acceptors (Lipinski definition) is 8. The Balaban J connectivity index is 5.01. The molecule has 0 aliphatic heterocycles. The van der Waals surface area contributed by atoms with Gasteiger partial charge >= 0.3 is 29.4 Å². The van der Waals surface area contributed by atoms with Crippen molar-refractivity contribution >= 4 is 29.4 Å². The fourth-order valence-corrected chi connectivity index (χ4v) is 6.94. The van der Waals surface area contributed by atoms with Crippen molar-refractivity contribution in [3.63, 3.8) is 0 Å². The molecule has 0 aromatic carbocycles. The van der Waals surface area contributed by atoms with Crippen LogP contribution in [0.25, 0.3) is 0 Å². The van der Waals surface area contributed by atoms with Crippen LogP contribution in [0.3, 0.4) is 0 Å². The van der Waals surface area contributed by atoms with Crippen LogP contribution in [-0.4, -0.2) is 36.6 Å². The Labute approximate surface area is 128 Å². The molecule has 11 heteroatoms. The van der Waals surface area contributed by atoms with E-state index in [1.165, 1.54) is 54.6 Å². The van der Waals surface area contributed by atoms with Gasteiger partial charge in [0.1, 0.15) is 0 Å². The van der Waals surface area contributed by atoms with E-state index in [1.807, 2.05) is 0 Å². The summed E-state index contributed by atoms with van der Waals surface area (Å²) in [7, 11) is -12.4. The smallest absolute Gasteiger partial charge is 0.262 e. The summed E-state index contributed by atoms with van der Waals surface area (Å²) in [4.78, 5) is 0. The molecule has 0 radical (unpaired) electrons. The van der Waals surface area contributed by atoms with Crippen molar-refractivity contribution in [2.24, 2.45) is 0 Å². The molecule has 0 aromatic rings. The van der Waals surface area contributed by atoms with E-state index >= 15 is 0 Å². The second kappa shape index (κ2) is 6.22. The Morgan fingerprint density at radius 3 is 1.10 bits per heavy atom. The zero-order chi connectivity index (χ0) is 17.3. The standard InChI is InChI=1S/C10H24O8S2Si/c1-9(2,3)15-19(11,12)17-21(7,8)18-20(13,14)16-10(4,5)6/h1-8H3. The van der Waals surface area contributed by atoms with Gasteiger partial charge in [0, 0.05) is 0 Å². The Morgan fingerprint density at radius 2 is 0.905 bits per heavy atom. The third kappa shape index (κ3) is 11.2. The molecule has 0 fully saturated rings. The first-order valence-corrected chi connectivity index (χ1v) is 11.6. The molecule has 21 heavy (non-hydrogen) atoms. The SMILES string of the molecule is CC(C)(C)OS(=O)(=O)O[Si](C)(C)OS(=O)(=O)OC(C)(C)C. The molecule has 0 saturated carbocycles. The number of hydrogen-bond donors (Lipinski definition) is 0. The molecule has 8 nitrogen and oxygen atoms in total. The van der Waals surface area contributed by atoms with Crippen LogP contribution in [0.15, 0.2) is 0 Å². The first kappa shape index (κ1) is 21.0. The van der Waals surface area contributed by atoms with Gasteiger partial charge in [0.15, 0.2) is 0 Å². The molecule has 0 unspecified atom stereocenters. The van der Waals surface area contributed by atoms with Gasteiger partial charge in [-0.2, -0.15) is 16.8 Å². The van der Waals surface area contributed by atoms with E-state index in [2.05, 4.69) is 0 Å². The summed E-state index contributed by atoms with van der Waals surface area (Å²) in [5, 5.41) is 0. The predicted molar refractivity (Wildman–Crippen MR) is 79.2 cm³/mol. The van der Waals surface area contributed by atoms with Gasteiger partial charge in [0.2, 0.25) is 0 Å². The second-order valence-electron chi connectivity index (χ2n) is 6.77. The zero-order valence-electron chi connectivity index (χ0n) is 13.6. The summed E-state index contributed by atoms with van der Waals surface area (Å²) >= 11 is 0. The van der Waals surface area contributed by atoms with Crippen LogP contribution in [0, 0.1) is 0 Å². The second-order valence-corrected chi connectivity index (χ2v) is 12.9. The van der Waals surface area contributed by atoms with E-state index in [-0.39, 0.29) is 0 Å². The Hall–Kier alpha value is -0.0431. The maximum absolute atomic E-state index is 11.7. The lowest BCUT2D eigenvalue weighted by Crippen LogP contribution is -2.43. The van der Waals surface area contributed by atoms with E-state index in [0.717, 1.165) is 0 Å². The van der Waals surface area contributed by atoms with Gasteiger partial charge < -0.3 is 0 Å². The molecule has 0 spiro atoms. The molecule has 0 aliphatic carbocycles. The van der Waals surface area contributed by atoms with Gasteiger partial charge in [-0.05, 0) is 54.6 Å². The van der Waals surface area contributed by atoms with E-state index in [4.69, 9.17) is 16.1 Å². The highest BCUT2D eigenvalue weighted by Crippen LogP contribution is 2.22. The molecule has 0 bridgehead atoms. The fraction of sp³-hybridized carbons (Fsp3) is 1.00. The first-order chi connectivity index (χ1) is 8.83. The minimum atomic E-state index is -4.40. The molecule has 0 aromatic heterocycles. The van der Waals surface area contributed by atoms with Crippen molar-refractivity contribution in [1.29, 1.82) is 0 Å². The van der Waals surface area contributed by atoms with Gasteiger partial charge in [0.25, 0.3) is 0 Å². The quantitative estimate of drug-likeness (QED) is 0.657. The molecule has 0 heterocycles. The molecule has 0 N–H and O–H groups in total. The lowest BCUT2D eigenvalue weighted by molar-refractivity contribution is 0.111. The van der Waals surface area contributed by atoms with Gasteiger partial charge in [0.05, 0.1) is 11.2 Å². The van der Waals surface area contributed by atoms with E-state index in [1.54, 1.807) is 0 Å². The molecule has 0 rings (SSSR count). The third-order valence-electron chi connectivity index (χ3n) is 1.31. The summed E-state index contributed by atoms with van der Waals surface area (Å²) in [6.45, 7) is 11.6. The van der Waals surface area contributed by atoms with Crippen LogP contribution >= 0.6 is 0 Å². The van der Waals surface area contributed by atoms with Crippen LogP contribution in [0.4, 0.5) is 0 Å². The van der Waals surface area contributed by atoms with E-state index < -0.39 is 40.6 Å². The Bertz CT molecular complexity index is 501. The van der Waals surface area contributed by atoms with Crippen LogP contribution in [0.5, 0.6) is 0 Å². The van der Waals surface area contributed by atoms with Crippen LogP contribution in [0.2, 0.25) is 13.1 Å². The van der Waals surface area contributed by atoms with Crippen LogP contribution in [-0.2, 0) is 36.9 Å². The molecule has 0 amide bonds. The normalized spacial score (nSPS) is 15.2. The van der Waals surface area contributed by atoms with Gasteiger partial charge in [-0.1, -0.05) is 0 Å². The van der Waals surface area contributed by atoms with Gasteiger partial charge in [-0.25, -0.2) is 8.37 Å². The highest BCUT2D eigenvalue weighted by atomic mass is 32.3. The summed E-state index contributed by atoms with van der Waals surface area (Å²) in [6.07, 6.45) is 0. The van der Waals surface area contributed by atoms with Crippen molar-refractivity contribution in [2.75, 3.05) is 0 Å². The fourth-order valence-electron chi connectivity index (χ4n) is 1.15. The minimum Gasteiger partial charge on any atom is -0.262 e. The highest BCUT2D eigenvalue weighted by molar-refractivity contribution is 7.84. The Morgan fingerprint density at radius 1 is 0.667 bits per heavy atom. The summed E-state index contributed by atoms with van der Waals surface area (Å²) in [5.41, 5.74) is -2.02. The van der Waals surface area contributed by atoms with E-state index in [0.29, 0.717) is 0 Å². The summed E-state index contributed by atoms with van der Waals surface area (Å²) in [6, 6.07) is 0. The van der Waals surface area contributed by atoms with Crippen molar-refractivity contribution in [3.05, 3.63) is 0 Å². The maximum atomic E-state index is 11.7. The average Bonchev–Trinajstić information content (AvgIpc) is 1.83. The molecule has 0 atom stereocenters.